The van der Waals surface area contributed by atoms with Crippen molar-refractivity contribution in [3.8, 4) is 0 Å². The van der Waals surface area contributed by atoms with Crippen molar-refractivity contribution in [2.75, 3.05) is 5.32 Å². The molecule has 0 fully saturated rings. The number of hydrogen-bond acceptors (Lipinski definition) is 1. The smallest absolute Gasteiger partial charge is 0.138 e. The van der Waals surface area contributed by atoms with Crippen LogP contribution in [-0.2, 0) is 0 Å². The monoisotopic (exact) mass is 408 g/mol. The van der Waals surface area contributed by atoms with Crippen LogP contribution >= 0.6 is 46.4 Å². The van der Waals surface area contributed by atoms with E-state index in [0.29, 0.717) is 37.3 Å². The van der Waals surface area contributed by atoms with Crippen molar-refractivity contribution in [2.24, 2.45) is 4.99 Å². The van der Waals surface area contributed by atoms with Gasteiger partial charge in [0.25, 0.3) is 0 Å². The van der Waals surface area contributed by atoms with Gasteiger partial charge in [-0.05, 0) is 24.3 Å². The lowest BCUT2D eigenvalue weighted by atomic mass is 10.2. The van der Waals surface area contributed by atoms with Gasteiger partial charge in [0.2, 0.25) is 0 Å². The molecule has 2 nitrogen and oxygen atoms in total. The largest absolute Gasteiger partial charge is 0.337 e. The van der Waals surface area contributed by atoms with Gasteiger partial charge in [-0.2, -0.15) is 0 Å². The van der Waals surface area contributed by atoms with Gasteiger partial charge < -0.3 is 5.32 Å². The summed E-state index contributed by atoms with van der Waals surface area (Å²) >= 11 is 25.1. The Kier molecular flexibility index (Phi) is 5.87. The molecule has 0 aliphatic heterocycles. The molecule has 3 aromatic rings. The standard InChI is InChI=1S/C19H12Cl4N2/c20-13-8-4-9-14(21)17(13)24-19(12-6-2-1-3-7-12)25-18-15(22)10-5-11-16(18)23/h1-11H,(H,24,25). The predicted octanol–water partition coefficient (Wildman–Crippen LogP) is 7.49. The number of rotatable bonds is 3. The molecule has 25 heavy (non-hydrogen) atoms. The normalized spacial score (nSPS) is 11.4. The van der Waals surface area contributed by atoms with Crippen LogP contribution in [0.3, 0.4) is 0 Å². The highest BCUT2D eigenvalue weighted by Crippen LogP contribution is 2.35. The Morgan fingerprint density at radius 1 is 0.640 bits per heavy atom. The van der Waals surface area contributed by atoms with Gasteiger partial charge in [-0.15, -0.1) is 0 Å². The summed E-state index contributed by atoms with van der Waals surface area (Å²) in [6.07, 6.45) is 0. The molecule has 1 N–H and O–H groups in total. The zero-order chi connectivity index (χ0) is 17.8. The van der Waals surface area contributed by atoms with Crippen LogP contribution in [0, 0.1) is 0 Å². The Morgan fingerprint density at radius 3 is 1.72 bits per heavy atom. The number of hydrogen-bond donors (Lipinski definition) is 1. The molecule has 0 aliphatic rings. The SMILES string of the molecule is Clc1cccc(Cl)c1N=C(Nc1c(Cl)cccc1Cl)c1ccccc1. The molecule has 0 spiro atoms. The number of benzene rings is 3. The van der Waals surface area contributed by atoms with Crippen molar-refractivity contribution in [2.45, 2.75) is 0 Å². The number of nitrogens with one attached hydrogen (secondary N) is 1. The molecule has 0 aliphatic carbocycles. The molecule has 0 saturated heterocycles. The maximum absolute atomic E-state index is 6.27. The average molecular weight is 410 g/mol. The molecule has 3 aromatic carbocycles. The molecule has 0 unspecified atom stereocenters. The van der Waals surface area contributed by atoms with Gasteiger partial charge in [0, 0.05) is 5.56 Å². The first-order valence-electron chi connectivity index (χ1n) is 7.35. The highest BCUT2D eigenvalue weighted by atomic mass is 35.5. The van der Waals surface area contributed by atoms with Crippen LogP contribution in [0.5, 0.6) is 0 Å². The van der Waals surface area contributed by atoms with Gasteiger partial charge in [0.15, 0.2) is 0 Å². The third-order valence-corrected chi connectivity index (χ3v) is 4.65. The maximum Gasteiger partial charge on any atom is 0.138 e. The van der Waals surface area contributed by atoms with E-state index in [1.165, 1.54) is 0 Å². The van der Waals surface area contributed by atoms with Crippen molar-refractivity contribution >= 4 is 63.6 Å². The number of anilines is 1. The summed E-state index contributed by atoms with van der Waals surface area (Å²) in [5, 5.41) is 5.08. The summed E-state index contributed by atoms with van der Waals surface area (Å²) in [4.78, 5) is 4.63. The van der Waals surface area contributed by atoms with E-state index in [0.717, 1.165) is 5.56 Å². The highest BCUT2D eigenvalue weighted by Gasteiger charge is 2.12. The average Bonchev–Trinajstić information content (AvgIpc) is 2.60. The second-order valence-electron chi connectivity index (χ2n) is 5.12. The zero-order valence-electron chi connectivity index (χ0n) is 12.8. The fraction of sp³-hybridized carbons (Fsp3) is 0. The van der Waals surface area contributed by atoms with E-state index in [4.69, 9.17) is 46.4 Å². The lowest BCUT2D eigenvalue weighted by molar-refractivity contribution is 1.46. The van der Waals surface area contributed by atoms with Crippen LogP contribution in [0.1, 0.15) is 5.56 Å². The van der Waals surface area contributed by atoms with Crippen molar-refractivity contribution in [3.05, 3.63) is 92.4 Å². The minimum atomic E-state index is 0.452. The van der Waals surface area contributed by atoms with Gasteiger partial charge >= 0.3 is 0 Å². The third-order valence-electron chi connectivity index (χ3n) is 3.41. The van der Waals surface area contributed by atoms with E-state index in [1.54, 1.807) is 36.4 Å². The van der Waals surface area contributed by atoms with Crippen molar-refractivity contribution < 1.29 is 0 Å². The molecule has 0 bridgehead atoms. The van der Waals surface area contributed by atoms with Gasteiger partial charge in [-0.3, -0.25) is 0 Å². The van der Waals surface area contributed by atoms with E-state index in [9.17, 15) is 0 Å². The predicted molar refractivity (Wildman–Crippen MR) is 109 cm³/mol. The Bertz CT molecular complexity index is 883. The second-order valence-corrected chi connectivity index (χ2v) is 6.75. The maximum atomic E-state index is 6.27. The summed E-state index contributed by atoms with van der Waals surface area (Å²) in [6, 6.07) is 20.1. The first kappa shape index (κ1) is 18.1. The summed E-state index contributed by atoms with van der Waals surface area (Å²) in [6.45, 7) is 0. The zero-order valence-corrected chi connectivity index (χ0v) is 15.8. The van der Waals surface area contributed by atoms with Crippen LogP contribution in [-0.4, -0.2) is 5.84 Å². The van der Waals surface area contributed by atoms with Crippen molar-refractivity contribution in [1.82, 2.24) is 0 Å². The fourth-order valence-electron chi connectivity index (χ4n) is 2.20. The Balaban J connectivity index is 2.13. The molecule has 126 valence electrons. The quantitative estimate of drug-likeness (QED) is 0.351. The lowest BCUT2D eigenvalue weighted by Gasteiger charge is -2.14. The van der Waals surface area contributed by atoms with Crippen LogP contribution in [0.4, 0.5) is 11.4 Å². The fourth-order valence-corrected chi connectivity index (χ4v) is 3.18. The molecule has 0 atom stereocenters. The van der Waals surface area contributed by atoms with Crippen molar-refractivity contribution in [3.63, 3.8) is 0 Å². The molecule has 0 radical (unpaired) electrons. The Morgan fingerprint density at radius 2 is 1.16 bits per heavy atom. The summed E-state index contributed by atoms with van der Waals surface area (Å²) < 4.78 is 0. The minimum absolute atomic E-state index is 0.452. The van der Waals surface area contributed by atoms with Gasteiger partial charge in [-0.25, -0.2) is 4.99 Å². The Labute approximate surface area is 166 Å². The van der Waals surface area contributed by atoms with Crippen LogP contribution < -0.4 is 5.32 Å². The van der Waals surface area contributed by atoms with E-state index in [-0.39, 0.29) is 0 Å². The molecule has 0 amide bonds. The molecule has 0 heterocycles. The Hall–Kier alpha value is -1.71. The second kappa shape index (κ2) is 8.11. The van der Waals surface area contributed by atoms with E-state index < -0.39 is 0 Å². The van der Waals surface area contributed by atoms with Crippen molar-refractivity contribution in [1.29, 1.82) is 0 Å². The molecule has 6 heteroatoms. The minimum Gasteiger partial charge on any atom is -0.337 e. The molecule has 3 rings (SSSR count). The highest BCUT2D eigenvalue weighted by molar-refractivity contribution is 6.41. The third kappa shape index (κ3) is 4.28. The molecular weight excluding hydrogens is 398 g/mol. The number of halogens is 4. The molecule has 0 aromatic heterocycles. The summed E-state index contributed by atoms with van der Waals surface area (Å²) in [7, 11) is 0. The summed E-state index contributed by atoms with van der Waals surface area (Å²) in [5.41, 5.74) is 1.88. The van der Waals surface area contributed by atoms with E-state index >= 15 is 0 Å². The first-order valence-corrected chi connectivity index (χ1v) is 8.86. The lowest BCUT2D eigenvalue weighted by Crippen LogP contribution is -2.14. The molecular formula is C19H12Cl4N2. The van der Waals surface area contributed by atoms with Gasteiger partial charge in [0.05, 0.1) is 25.8 Å². The van der Waals surface area contributed by atoms with E-state index in [1.807, 2.05) is 30.3 Å². The van der Waals surface area contributed by atoms with Gasteiger partial charge in [0.1, 0.15) is 11.5 Å². The summed E-state index contributed by atoms with van der Waals surface area (Å²) in [5.74, 6) is 0.533. The van der Waals surface area contributed by atoms with Crippen LogP contribution in [0.25, 0.3) is 0 Å². The number of nitrogens with zero attached hydrogens (tertiary/aromatic N) is 1. The van der Waals surface area contributed by atoms with Crippen LogP contribution in [0.2, 0.25) is 20.1 Å². The number of amidine groups is 1. The van der Waals surface area contributed by atoms with Gasteiger partial charge in [-0.1, -0.05) is 88.9 Å². The molecule has 0 saturated carbocycles. The first-order chi connectivity index (χ1) is 12.1. The number of aliphatic imine (C=N–C) groups is 1. The van der Waals surface area contributed by atoms with Crippen LogP contribution in [0.15, 0.2) is 71.7 Å². The topological polar surface area (TPSA) is 24.4 Å². The van der Waals surface area contributed by atoms with E-state index in [2.05, 4.69) is 10.3 Å². The number of para-hydroxylation sites is 2.